The SMILES string of the molecule is CSC1C2CC2CN1C(C)C. The third-order valence-electron chi connectivity index (χ3n) is 3.02. The highest BCUT2D eigenvalue weighted by Gasteiger charge is 2.52. The van der Waals surface area contributed by atoms with Crippen molar-refractivity contribution in [3.05, 3.63) is 0 Å². The summed E-state index contributed by atoms with van der Waals surface area (Å²) < 4.78 is 0. The maximum absolute atomic E-state index is 2.66. The zero-order chi connectivity index (χ0) is 8.01. The van der Waals surface area contributed by atoms with Crippen LogP contribution in [0.2, 0.25) is 0 Å². The predicted octanol–water partition coefficient (Wildman–Crippen LogP) is 2.04. The van der Waals surface area contributed by atoms with Gasteiger partial charge in [0.05, 0.1) is 5.37 Å². The first-order valence-electron chi connectivity index (χ1n) is 4.52. The molecular formula is C9H17NS. The van der Waals surface area contributed by atoms with Gasteiger partial charge in [-0.1, -0.05) is 0 Å². The van der Waals surface area contributed by atoms with Crippen LogP contribution >= 0.6 is 11.8 Å². The van der Waals surface area contributed by atoms with Crippen molar-refractivity contribution in [2.75, 3.05) is 12.8 Å². The second-order valence-electron chi connectivity index (χ2n) is 4.08. The minimum Gasteiger partial charge on any atom is -0.289 e. The van der Waals surface area contributed by atoms with Crippen LogP contribution < -0.4 is 0 Å². The first kappa shape index (κ1) is 7.93. The Bertz CT molecular complexity index is 158. The van der Waals surface area contributed by atoms with Crippen LogP contribution in [0.1, 0.15) is 20.3 Å². The molecule has 2 rings (SSSR count). The topological polar surface area (TPSA) is 3.24 Å². The van der Waals surface area contributed by atoms with E-state index in [1.165, 1.54) is 13.0 Å². The lowest BCUT2D eigenvalue weighted by molar-refractivity contribution is 0.229. The highest BCUT2D eigenvalue weighted by Crippen LogP contribution is 2.53. The first-order valence-corrected chi connectivity index (χ1v) is 5.81. The Morgan fingerprint density at radius 3 is 2.64 bits per heavy atom. The maximum Gasteiger partial charge on any atom is 0.0588 e. The quantitative estimate of drug-likeness (QED) is 0.625. The van der Waals surface area contributed by atoms with Crippen molar-refractivity contribution >= 4 is 11.8 Å². The summed E-state index contributed by atoms with van der Waals surface area (Å²) >= 11 is 2.04. The Hall–Kier alpha value is 0.310. The van der Waals surface area contributed by atoms with Crippen LogP contribution in [0.3, 0.4) is 0 Å². The highest BCUT2D eigenvalue weighted by atomic mass is 32.2. The Morgan fingerprint density at radius 2 is 2.18 bits per heavy atom. The third-order valence-corrected chi connectivity index (χ3v) is 4.12. The van der Waals surface area contributed by atoms with E-state index in [0.29, 0.717) is 0 Å². The zero-order valence-corrected chi connectivity index (χ0v) is 8.40. The summed E-state index contributed by atoms with van der Waals surface area (Å²) in [5.74, 6) is 2.11. The van der Waals surface area contributed by atoms with Gasteiger partial charge in [-0.3, -0.25) is 4.90 Å². The largest absolute Gasteiger partial charge is 0.289 e. The van der Waals surface area contributed by atoms with Gasteiger partial charge in [0.1, 0.15) is 0 Å². The molecule has 0 amide bonds. The lowest BCUT2D eigenvalue weighted by atomic mass is 10.3. The fourth-order valence-electron chi connectivity index (χ4n) is 2.27. The number of nitrogens with zero attached hydrogens (tertiary/aromatic N) is 1. The molecule has 2 heteroatoms. The van der Waals surface area contributed by atoms with Crippen LogP contribution in [0.15, 0.2) is 0 Å². The van der Waals surface area contributed by atoms with Gasteiger partial charge in [0.25, 0.3) is 0 Å². The molecule has 2 fully saturated rings. The van der Waals surface area contributed by atoms with E-state index in [2.05, 4.69) is 25.0 Å². The number of rotatable bonds is 2. The second-order valence-corrected chi connectivity index (χ2v) is 5.03. The van der Waals surface area contributed by atoms with E-state index in [1.54, 1.807) is 0 Å². The van der Waals surface area contributed by atoms with Gasteiger partial charge < -0.3 is 0 Å². The maximum atomic E-state index is 2.66. The average Bonchev–Trinajstić information content (AvgIpc) is 2.63. The molecule has 64 valence electrons. The van der Waals surface area contributed by atoms with Crippen LogP contribution in [0, 0.1) is 11.8 Å². The summed E-state index contributed by atoms with van der Waals surface area (Å²) in [6.45, 7) is 6.00. The summed E-state index contributed by atoms with van der Waals surface area (Å²) in [5, 5.41) is 0.847. The van der Waals surface area contributed by atoms with Gasteiger partial charge in [-0.05, 0) is 38.4 Å². The molecule has 1 saturated carbocycles. The lowest BCUT2D eigenvalue weighted by Crippen LogP contribution is -2.36. The molecular weight excluding hydrogens is 154 g/mol. The molecule has 0 N–H and O–H groups in total. The second kappa shape index (κ2) is 2.67. The van der Waals surface area contributed by atoms with Crippen molar-refractivity contribution in [2.45, 2.75) is 31.7 Å². The molecule has 1 heterocycles. The van der Waals surface area contributed by atoms with Gasteiger partial charge >= 0.3 is 0 Å². The van der Waals surface area contributed by atoms with Crippen molar-refractivity contribution in [1.29, 1.82) is 0 Å². The molecule has 0 bridgehead atoms. The number of hydrogen-bond acceptors (Lipinski definition) is 2. The van der Waals surface area contributed by atoms with Gasteiger partial charge in [0.2, 0.25) is 0 Å². The minimum atomic E-state index is 0.750. The number of fused-ring (bicyclic) bond motifs is 1. The molecule has 1 aliphatic carbocycles. The van der Waals surface area contributed by atoms with E-state index in [4.69, 9.17) is 0 Å². The van der Waals surface area contributed by atoms with E-state index in [9.17, 15) is 0 Å². The van der Waals surface area contributed by atoms with Gasteiger partial charge in [0, 0.05) is 12.6 Å². The normalized spacial score (nSPS) is 43.1. The molecule has 0 aromatic carbocycles. The van der Waals surface area contributed by atoms with Crippen LogP contribution in [0.25, 0.3) is 0 Å². The Labute approximate surface area is 73.5 Å². The number of hydrogen-bond donors (Lipinski definition) is 0. The van der Waals surface area contributed by atoms with E-state index >= 15 is 0 Å². The highest BCUT2D eigenvalue weighted by molar-refractivity contribution is 7.99. The molecule has 0 aromatic rings. The summed E-state index contributed by atoms with van der Waals surface area (Å²) in [7, 11) is 0. The monoisotopic (exact) mass is 171 g/mol. The Kier molecular flexibility index (Phi) is 1.92. The van der Waals surface area contributed by atoms with Gasteiger partial charge in [-0.15, -0.1) is 11.8 Å². The van der Waals surface area contributed by atoms with Crippen LogP contribution in [-0.2, 0) is 0 Å². The fraction of sp³-hybridized carbons (Fsp3) is 1.00. The van der Waals surface area contributed by atoms with E-state index in [0.717, 1.165) is 23.3 Å². The molecule has 2 aliphatic rings. The molecule has 1 saturated heterocycles. The van der Waals surface area contributed by atoms with Crippen molar-refractivity contribution in [3.63, 3.8) is 0 Å². The first-order chi connectivity index (χ1) is 5.24. The van der Waals surface area contributed by atoms with E-state index < -0.39 is 0 Å². The minimum absolute atomic E-state index is 0.750. The van der Waals surface area contributed by atoms with Crippen molar-refractivity contribution in [1.82, 2.24) is 4.90 Å². The Morgan fingerprint density at radius 1 is 1.45 bits per heavy atom. The molecule has 11 heavy (non-hydrogen) atoms. The van der Waals surface area contributed by atoms with Crippen LogP contribution in [-0.4, -0.2) is 29.1 Å². The summed E-state index contributed by atoms with van der Waals surface area (Å²) in [6.07, 6.45) is 3.76. The molecule has 0 spiro atoms. The lowest BCUT2D eigenvalue weighted by Gasteiger charge is -2.29. The van der Waals surface area contributed by atoms with Gasteiger partial charge in [0.15, 0.2) is 0 Å². The van der Waals surface area contributed by atoms with Crippen molar-refractivity contribution in [2.24, 2.45) is 11.8 Å². The van der Waals surface area contributed by atoms with Crippen LogP contribution in [0.5, 0.6) is 0 Å². The van der Waals surface area contributed by atoms with E-state index in [-0.39, 0.29) is 0 Å². The van der Waals surface area contributed by atoms with Crippen molar-refractivity contribution < 1.29 is 0 Å². The van der Waals surface area contributed by atoms with Gasteiger partial charge in [-0.25, -0.2) is 0 Å². The van der Waals surface area contributed by atoms with Gasteiger partial charge in [-0.2, -0.15) is 0 Å². The number of thioether (sulfide) groups is 1. The molecule has 0 aromatic heterocycles. The summed E-state index contributed by atoms with van der Waals surface area (Å²) in [4.78, 5) is 2.66. The standard InChI is InChI=1S/C9H17NS/c1-6(2)10-5-7-4-8(7)9(10)11-3/h6-9H,4-5H2,1-3H3. The number of piperidine rings is 1. The molecule has 0 radical (unpaired) electrons. The summed E-state index contributed by atoms with van der Waals surface area (Å²) in [6, 6.07) is 0.750. The molecule has 1 nitrogen and oxygen atoms in total. The fourth-order valence-corrected chi connectivity index (χ4v) is 3.55. The predicted molar refractivity (Wildman–Crippen MR) is 50.7 cm³/mol. The summed E-state index contributed by atoms with van der Waals surface area (Å²) in [5.41, 5.74) is 0. The Balaban J connectivity index is 2.01. The molecule has 3 unspecified atom stereocenters. The smallest absolute Gasteiger partial charge is 0.0588 e. The zero-order valence-electron chi connectivity index (χ0n) is 7.58. The van der Waals surface area contributed by atoms with Crippen LogP contribution in [0.4, 0.5) is 0 Å². The van der Waals surface area contributed by atoms with E-state index in [1.807, 2.05) is 11.8 Å². The molecule has 3 atom stereocenters. The average molecular weight is 171 g/mol. The third kappa shape index (κ3) is 1.20. The van der Waals surface area contributed by atoms with Crippen molar-refractivity contribution in [3.8, 4) is 0 Å². The molecule has 1 aliphatic heterocycles. The number of likely N-dealkylation sites (tertiary alicyclic amines) is 1.